The van der Waals surface area contributed by atoms with E-state index in [0.717, 1.165) is 12.5 Å². The summed E-state index contributed by atoms with van der Waals surface area (Å²) in [5.74, 6) is 5.98. The first-order chi connectivity index (χ1) is 9.75. The van der Waals surface area contributed by atoms with Gasteiger partial charge >= 0.3 is 0 Å². The van der Waals surface area contributed by atoms with E-state index in [1.165, 1.54) is 25.7 Å². The van der Waals surface area contributed by atoms with Gasteiger partial charge in [-0.25, -0.2) is 4.98 Å². The van der Waals surface area contributed by atoms with Crippen LogP contribution in [0.25, 0.3) is 0 Å². The highest BCUT2D eigenvalue weighted by Gasteiger charge is 2.53. The lowest BCUT2D eigenvalue weighted by Gasteiger charge is -2.15. The van der Waals surface area contributed by atoms with Crippen LogP contribution in [0, 0.1) is 23.2 Å². The third kappa shape index (κ3) is 2.68. The predicted octanol–water partition coefficient (Wildman–Crippen LogP) is 1.35. The third-order valence-corrected chi connectivity index (χ3v) is 4.26. The van der Waals surface area contributed by atoms with Crippen molar-refractivity contribution in [3.05, 3.63) is 29.6 Å². The van der Waals surface area contributed by atoms with Crippen molar-refractivity contribution in [2.75, 3.05) is 13.2 Å². The van der Waals surface area contributed by atoms with Crippen LogP contribution >= 0.6 is 0 Å². The van der Waals surface area contributed by atoms with Crippen LogP contribution in [0.4, 0.5) is 0 Å². The van der Waals surface area contributed by atoms with E-state index in [-0.39, 0.29) is 12.5 Å². The zero-order valence-electron chi connectivity index (χ0n) is 11.4. The summed E-state index contributed by atoms with van der Waals surface area (Å²) in [6.07, 6.45) is 6.68. The van der Waals surface area contributed by atoms with Gasteiger partial charge in [-0.2, -0.15) is 0 Å². The number of pyridine rings is 1. The molecule has 1 heterocycles. The second kappa shape index (κ2) is 5.26. The number of hydrogen-bond donors (Lipinski definition) is 2. The number of nitrogens with one attached hydrogen (secondary N) is 1. The minimum absolute atomic E-state index is 0.167. The summed E-state index contributed by atoms with van der Waals surface area (Å²) in [6.45, 7) is 0.528. The Labute approximate surface area is 118 Å². The third-order valence-electron chi connectivity index (χ3n) is 4.26. The van der Waals surface area contributed by atoms with Crippen LogP contribution in [-0.4, -0.2) is 29.1 Å². The van der Waals surface area contributed by atoms with Gasteiger partial charge in [0.15, 0.2) is 0 Å². The van der Waals surface area contributed by atoms with Gasteiger partial charge in [0.05, 0.1) is 5.56 Å². The maximum absolute atomic E-state index is 12.2. The van der Waals surface area contributed by atoms with E-state index in [1.807, 2.05) is 0 Å². The van der Waals surface area contributed by atoms with E-state index in [1.54, 1.807) is 18.3 Å². The molecule has 0 aliphatic heterocycles. The molecule has 0 unspecified atom stereocenters. The Morgan fingerprint density at radius 2 is 2.30 bits per heavy atom. The first-order valence-corrected chi connectivity index (χ1v) is 7.08. The van der Waals surface area contributed by atoms with E-state index in [9.17, 15) is 4.79 Å². The average molecular weight is 270 g/mol. The van der Waals surface area contributed by atoms with Crippen LogP contribution in [0.5, 0.6) is 0 Å². The molecule has 104 valence electrons. The van der Waals surface area contributed by atoms with Gasteiger partial charge in [0.1, 0.15) is 12.3 Å². The molecule has 4 heteroatoms. The standard InChI is InChI=1S/C16H18N2O2/c19-10-2-4-12-3-1-9-17-14(12)15(20)18-11-16(7-8-16)13-5-6-13/h1,3,9,13,19H,5-8,10-11H2,(H,18,20). The van der Waals surface area contributed by atoms with Crippen LogP contribution in [-0.2, 0) is 0 Å². The van der Waals surface area contributed by atoms with Crippen molar-refractivity contribution < 1.29 is 9.90 Å². The van der Waals surface area contributed by atoms with E-state index in [2.05, 4.69) is 22.1 Å². The SMILES string of the molecule is O=C(NCC1(C2CC2)CC1)c1ncccc1C#CCO. The molecule has 0 radical (unpaired) electrons. The Kier molecular flexibility index (Phi) is 3.45. The Bertz CT molecular complexity index is 578. The molecule has 0 bridgehead atoms. The molecular formula is C16H18N2O2. The zero-order chi connectivity index (χ0) is 14.0. The second-order valence-electron chi connectivity index (χ2n) is 5.68. The predicted molar refractivity (Wildman–Crippen MR) is 74.9 cm³/mol. The number of carbonyl (C=O) groups excluding carboxylic acids is 1. The van der Waals surface area contributed by atoms with Crippen LogP contribution in [0.3, 0.4) is 0 Å². The Hall–Kier alpha value is -1.86. The molecule has 2 aliphatic rings. The summed E-state index contributed by atoms with van der Waals surface area (Å²) >= 11 is 0. The van der Waals surface area contributed by atoms with Crippen molar-refractivity contribution in [1.82, 2.24) is 10.3 Å². The van der Waals surface area contributed by atoms with Crippen molar-refractivity contribution in [1.29, 1.82) is 0 Å². The summed E-state index contributed by atoms with van der Waals surface area (Å²) in [4.78, 5) is 16.4. The Balaban J connectivity index is 1.67. The topological polar surface area (TPSA) is 62.2 Å². The molecule has 3 rings (SSSR count). The van der Waals surface area contributed by atoms with Crippen LogP contribution < -0.4 is 5.32 Å². The first-order valence-electron chi connectivity index (χ1n) is 7.08. The Morgan fingerprint density at radius 3 is 2.95 bits per heavy atom. The molecule has 20 heavy (non-hydrogen) atoms. The molecule has 2 fully saturated rings. The number of amides is 1. The normalized spacial score (nSPS) is 18.9. The lowest BCUT2D eigenvalue weighted by Crippen LogP contribution is -2.32. The highest BCUT2D eigenvalue weighted by molar-refractivity contribution is 5.94. The number of aromatic nitrogens is 1. The molecule has 2 N–H and O–H groups in total. The van der Waals surface area contributed by atoms with Gasteiger partial charge in [0, 0.05) is 12.7 Å². The minimum atomic E-state index is -0.221. The van der Waals surface area contributed by atoms with E-state index in [4.69, 9.17) is 5.11 Å². The summed E-state index contributed by atoms with van der Waals surface area (Å²) < 4.78 is 0. The van der Waals surface area contributed by atoms with Crippen molar-refractivity contribution in [3.8, 4) is 11.8 Å². The first kappa shape index (κ1) is 13.1. The fraction of sp³-hybridized carbons (Fsp3) is 0.500. The monoisotopic (exact) mass is 270 g/mol. The second-order valence-corrected chi connectivity index (χ2v) is 5.68. The Morgan fingerprint density at radius 1 is 1.50 bits per heavy atom. The van der Waals surface area contributed by atoms with Gasteiger partial charge in [-0.1, -0.05) is 11.8 Å². The lowest BCUT2D eigenvalue weighted by atomic mass is 10.0. The molecule has 1 aromatic heterocycles. The van der Waals surface area contributed by atoms with Crippen LogP contribution in [0.15, 0.2) is 18.3 Å². The molecule has 1 amide bonds. The number of carbonyl (C=O) groups is 1. The fourth-order valence-electron chi connectivity index (χ4n) is 2.75. The summed E-state index contributed by atoms with van der Waals surface area (Å²) in [5.41, 5.74) is 1.29. The number of nitrogens with zero attached hydrogens (tertiary/aromatic N) is 1. The smallest absolute Gasteiger partial charge is 0.271 e. The van der Waals surface area contributed by atoms with Crippen LogP contribution in [0.2, 0.25) is 0 Å². The van der Waals surface area contributed by atoms with E-state index in [0.29, 0.717) is 16.7 Å². The maximum atomic E-state index is 12.2. The molecule has 0 atom stereocenters. The molecule has 0 aromatic carbocycles. The highest BCUT2D eigenvalue weighted by Crippen LogP contribution is 2.60. The molecule has 1 aromatic rings. The number of rotatable bonds is 4. The quantitative estimate of drug-likeness (QED) is 0.812. The molecule has 2 saturated carbocycles. The number of aliphatic hydroxyl groups is 1. The maximum Gasteiger partial charge on any atom is 0.271 e. The van der Waals surface area contributed by atoms with E-state index < -0.39 is 0 Å². The molecule has 0 spiro atoms. The number of aliphatic hydroxyl groups excluding tert-OH is 1. The highest BCUT2D eigenvalue weighted by atomic mass is 16.2. The minimum Gasteiger partial charge on any atom is -0.384 e. The van der Waals surface area contributed by atoms with Crippen molar-refractivity contribution in [3.63, 3.8) is 0 Å². The van der Waals surface area contributed by atoms with Crippen molar-refractivity contribution in [2.24, 2.45) is 11.3 Å². The van der Waals surface area contributed by atoms with Gasteiger partial charge in [0.25, 0.3) is 5.91 Å². The van der Waals surface area contributed by atoms with Gasteiger partial charge in [-0.05, 0) is 49.1 Å². The zero-order valence-corrected chi connectivity index (χ0v) is 11.4. The summed E-state index contributed by atoms with van der Waals surface area (Å²) in [7, 11) is 0. The fourth-order valence-corrected chi connectivity index (χ4v) is 2.75. The molecular weight excluding hydrogens is 252 g/mol. The van der Waals surface area contributed by atoms with Crippen molar-refractivity contribution >= 4 is 5.91 Å². The van der Waals surface area contributed by atoms with Gasteiger partial charge in [-0.3, -0.25) is 4.79 Å². The summed E-state index contributed by atoms with van der Waals surface area (Å²) in [5, 5.41) is 11.8. The average Bonchev–Trinajstić information content (AvgIpc) is 3.35. The van der Waals surface area contributed by atoms with Crippen LogP contribution in [0.1, 0.15) is 41.7 Å². The lowest BCUT2D eigenvalue weighted by molar-refractivity contribution is 0.0937. The molecule has 0 saturated heterocycles. The summed E-state index contributed by atoms with van der Waals surface area (Å²) in [6, 6.07) is 3.49. The molecule has 4 nitrogen and oxygen atoms in total. The van der Waals surface area contributed by atoms with E-state index >= 15 is 0 Å². The largest absolute Gasteiger partial charge is 0.384 e. The van der Waals surface area contributed by atoms with Crippen molar-refractivity contribution in [2.45, 2.75) is 25.7 Å². The molecule has 2 aliphatic carbocycles. The number of hydrogen-bond acceptors (Lipinski definition) is 3. The van der Waals surface area contributed by atoms with Gasteiger partial charge < -0.3 is 10.4 Å². The van der Waals surface area contributed by atoms with Gasteiger partial charge in [0.2, 0.25) is 0 Å². The van der Waals surface area contributed by atoms with Gasteiger partial charge in [-0.15, -0.1) is 0 Å².